The molecule has 0 N–H and O–H groups in total. The Morgan fingerprint density at radius 2 is 0.538 bits per heavy atom. The van der Waals surface area contributed by atoms with Gasteiger partial charge >= 0.3 is 163 Å². The van der Waals surface area contributed by atoms with E-state index in [9.17, 15) is 0 Å². The molecule has 0 bridgehead atoms. The molecule has 4 aromatic carbocycles. The van der Waals surface area contributed by atoms with Gasteiger partial charge in [0.2, 0.25) is 0 Å². The predicted octanol–water partition coefficient (Wildman–Crippen LogP) is 3.91. The topological polar surface area (TPSA) is 0 Å². The molecule has 2 heteroatoms. The van der Waals surface area contributed by atoms with Crippen LogP contribution in [0.15, 0.2) is 121 Å². The van der Waals surface area contributed by atoms with Gasteiger partial charge in [0.25, 0.3) is 0 Å². The van der Waals surface area contributed by atoms with Crippen LogP contribution in [0.3, 0.4) is 0 Å². The van der Waals surface area contributed by atoms with Crippen LogP contribution in [0.1, 0.15) is 0 Å². The second kappa shape index (κ2) is 6.91. The van der Waals surface area contributed by atoms with E-state index < -0.39 is 10.6 Å². The van der Waals surface area contributed by atoms with Gasteiger partial charge in [-0.2, -0.15) is 0 Å². The Kier molecular flexibility index (Phi) is 4.61. The van der Waals surface area contributed by atoms with E-state index in [1.165, 1.54) is 17.4 Å². The average molecular weight is 463 g/mol. The Bertz CT molecular complexity index is 814. The zero-order valence-electron chi connectivity index (χ0n) is 14.4. The first-order chi connectivity index (χ1) is 12.7. The summed E-state index contributed by atoms with van der Waals surface area (Å²) in [5.74, 6) is 0. The Morgan fingerprint density at radius 3 is 0.731 bits per heavy atom. The number of halogens is 1. The molecule has 0 fully saturated rings. The molecule has 0 aliphatic carbocycles. The van der Waals surface area contributed by atoms with Gasteiger partial charge in [0.1, 0.15) is 0 Å². The van der Waals surface area contributed by atoms with Gasteiger partial charge in [-0.05, 0) is 0 Å². The van der Waals surface area contributed by atoms with Crippen LogP contribution in [0, 0.1) is 0 Å². The molecule has 4 rings (SSSR count). The molecule has 0 aliphatic heterocycles. The zero-order valence-corrected chi connectivity index (χ0v) is 17.8. The summed E-state index contributed by atoms with van der Waals surface area (Å²) in [5.41, 5.74) is 0. The normalized spacial score (nSPS) is 12.9. The van der Waals surface area contributed by atoms with Gasteiger partial charge in [0.15, 0.2) is 0 Å². The third-order valence-corrected chi connectivity index (χ3v) is 24.1. The van der Waals surface area contributed by atoms with E-state index in [0.29, 0.717) is 0 Å². The van der Waals surface area contributed by atoms with Crippen LogP contribution < -0.4 is 17.4 Å². The maximum absolute atomic E-state index is 4.50. The van der Waals surface area contributed by atoms with E-state index in [-0.39, 0.29) is 0 Å². The number of benzene rings is 4. The van der Waals surface area contributed by atoms with Crippen molar-refractivity contribution in [1.29, 1.82) is 0 Å². The van der Waals surface area contributed by atoms with Gasteiger partial charge in [0, 0.05) is 0 Å². The first kappa shape index (κ1) is 17.3. The van der Waals surface area contributed by atoms with Crippen molar-refractivity contribution in [2.75, 3.05) is 0 Å². The predicted molar refractivity (Wildman–Crippen MR) is 119 cm³/mol. The van der Waals surface area contributed by atoms with Crippen LogP contribution in [0.2, 0.25) is 0 Å². The van der Waals surface area contributed by atoms with Crippen LogP contribution in [0.25, 0.3) is 0 Å². The first-order valence-electron chi connectivity index (χ1n) is 8.71. The van der Waals surface area contributed by atoms with Gasteiger partial charge in [0.05, 0.1) is 0 Å². The number of hydrogen-bond donors (Lipinski definition) is 0. The fraction of sp³-hybridized carbons (Fsp3) is 0. The molecule has 0 nitrogen and oxygen atoms in total. The van der Waals surface area contributed by atoms with Crippen molar-refractivity contribution >= 4 is 41.9 Å². The van der Waals surface area contributed by atoms with Crippen molar-refractivity contribution in [1.82, 2.24) is 0 Å². The summed E-state index contributed by atoms with van der Waals surface area (Å²) in [4.78, 5) is 0. The summed E-state index contributed by atoms with van der Waals surface area (Å²) in [6, 6.07) is 43.7. The van der Waals surface area contributed by atoms with Crippen molar-refractivity contribution in [3.8, 4) is 0 Å². The minimum absolute atomic E-state index is 1.36. The van der Waals surface area contributed by atoms with Gasteiger partial charge < -0.3 is 0 Å². The van der Waals surface area contributed by atoms with E-state index >= 15 is 0 Å². The number of hydrogen-bond acceptors (Lipinski definition) is 0. The molecule has 0 aromatic heterocycles. The fourth-order valence-corrected chi connectivity index (χ4v) is 18.5. The summed E-state index contributed by atoms with van der Waals surface area (Å²) in [5, 5.41) is 0. The van der Waals surface area contributed by atoms with Crippen LogP contribution >= 0.6 is 13.9 Å². The molecule has 0 radical (unpaired) electrons. The average Bonchev–Trinajstić information content (AvgIpc) is 2.76. The van der Waals surface area contributed by atoms with E-state index in [1.807, 2.05) is 0 Å². The summed E-state index contributed by atoms with van der Waals surface area (Å²) < 4.78 is 5.42. The molecular weight excluding hydrogens is 443 g/mol. The number of rotatable bonds is 4. The van der Waals surface area contributed by atoms with E-state index in [4.69, 9.17) is 0 Å². The molecule has 0 spiro atoms. The monoisotopic (exact) mass is 462 g/mol. The molecule has 0 heterocycles. The molecule has 0 atom stereocenters. The maximum atomic E-state index is 4.50. The summed E-state index contributed by atoms with van der Waals surface area (Å²) in [7, 11) is -3.74. The van der Waals surface area contributed by atoms with Gasteiger partial charge in [-0.1, -0.05) is 0 Å². The molecule has 0 saturated carbocycles. The molecule has 0 saturated heterocycles. The van der Waals surface area contributed by atoms with Crippen LogP contribution in [-0.4, -0.2) is 10.6 Å². The molecular formula is C24H20AsBr. The Hall–Kier alpha value is -2.08. The standard InChI is InChI=1S/C24H20AsBr/c26-25(21-13-5-1-6-14-21,22-15-7-2-8-16-22,23-17-9-3-10-18-23)24-19-11-4-12-20-24/h1-20H. The SMILES string of the molecule is Br[As](c1ccccc1)(c1ccccc1)(c1ccccc1)c1ccccc1. The molecule has 128 valence electrons. The first-order valence-corrected chi connectivity index (χ1v) is 16.9. The van der Waals surface area contributed by atoms with Crippen LogP contribution in [-0.2, 0) is 0 Å². The van der Waals surface area contributed by atoms with Gasteiger partial charge in [-0.15, -0.1) is 0 Å². The van der Waals surface area contributed by atoms with Crippen molar-refractivity contribution < 1.29 is 0 Å². The molecule has 0 amide bonds. The van der Waals surface area contributed by atoms with Gasteiger partial charge in [-0.25, -0.2) is 0 Å². The second-order valence-electron chi connectivity index (χ2n) is 6.35. The Balaban J connectivity index is 2.23. The van der Waals surface area contributed by atoms with E-state index in [1.54, 1.807) is 0 Å². The Labute approximate surface area is 162 Å². The fourth-order valence-electron chi connectivity index (χ4n) is 3.73. The van der Waals surface area contributed by atoms with Crippen molar-refractivity contribution in [2.24, 2.45) is 0 Å². The summed E-state index contributed by atoms with van der Waals surface area (Å²) in [6.07, 6.45) is 0. The summed E-state index contributed by atoms with van der Waals surface area (Å²) >= 11 is 4.50. The molecule has 26 heavy (non-hydrogen) atoms. The quantitative estimate of drug-likeness (QED) is 0.403. The zero-order chi connectivity index (χ0) is 17.9. The minimum atomic E-state index is -3.74. The second-order valence-corrected chi connectivity index (χ2v) is 22.3. The van der Waals surface area contributed by atoms with Crippen LogP contribution in [0.5, 0.6) is 0 Å². The van der Waals surface area contributed by atoms with Crippen molar-refractivity contribution in [3.05, 3.63) is 121 Å². The third-order valence-electron chi connectivity index (χ3n) is 4.96. The molecule has 0 aliphatic rings. The Morgan fingerprint density at radius 1 is 0.346 bits per heavy atom. The summed E-state index contributed by atoms with van der Waals surface area (Å²) in [6.45, 7) is 0. The van der Waals surface area contributed by atoms with Crippen molar-refractivity contribution in [2.45, 2.75) is 0 Å². The molecule has 0 unspecified atom stereocenters. The molecule has 4 aromatic rings. The van der Waals surface area contributed by atoms with Crippen LogP contribution in [0.4, 0.5) is 0 Å². The van der Waals surface area contributed by atoms with Crippen molar-refractivity contribution in [3.63, 3.8) is 0 Å². The van der Waals surface area contributed by atoms with E-state index in [2.05, 4.69) is 135 Å². The van der Waals surface area contributed by atoms with Gasteiger partial charge in [-0.3, -0.25) is 0 Å². The third kappa shape index (κ3) is 2.50. The van der Waals surface area contributed by atoms with E-state index in [0.717, 1.165) is 0 Å².